The highest BCUT2D eigenvalue weighted by atomic mass is 35.5. The molecule has 1 saturated carbocycles. The molecule has 0 spiro atoms. The van der Waals surface area contributed by atoms with Gasteiger partial charge in [-0.1, -0.05) is 11.8 Å². The highest BCUT2D eigenvalue weighted by Gasteiger charge is 2.23. The monoisotopic (exact) mass is 247 g/mol. The summed E-state index contributed by atoms with van der Waals surface area (Å²) in [5, 5.41) is 2.95. The number of nitrogens with one attached hydrogen (secondary N) is 1. The number of rotatable bonds is 3. The van der Waals surface area contributed by atoms with Crippen LogP contribution in [0, 0.1) is 11.8 Å². The Morgan fingerprint density at radius 3 is 2.65 bits per heavy atom. The molecule has 1 aromatic carbocycles. The van der Waals surface area contributed by atoms with Crippen molar-refractivity contribution in [1.29, 1.82) is 0 Å². The van der Waals surface area contributed by atoms with Gasteiger partial charge in [-0.3, -0.25) is 4.79 Å². The van der Waals surface area contributed by atoms with E-state index in [0.717, 1.165) is 18.4 Å². The lowest BCUT2D eigenvalue weighted by atomic mass is 10.1. The average Bonchev–Trinajstić information content (AvgIpc) is 3.14. The zero-order valence-electron chi connectivity index (χ0n) is 9.50. The Morgan fingerprint density at radius 2 is 2.06 bits per heavy atom. The molecule has 0 aliphatic heterocycles. The molecule has 0 radical (unpaired) electrons. The first-order valence-electron chi connectivity index (χ1n) is 5.75. The van der Waals surface area contributed by atoms with E-state index in [0.29, 0.717) is 23.9 Å². The molecule has 0 bridgehead atoms. The van der Waals surface area contributed by atoms with E-state index in [1.807, 2.05) is 24.3 Å². The lowest BCUT2D eigenvalue weighted by Gasteiger charge is -2.02. The summed E-state index contributed by atoms with van der Waals surface area (Å²) in [5.41, 5.74) is 1.61. The molecule has 17 heavy (non-hydrogen) atoms. The fourth-order valence-electron chi connectivity index (χ4n) is 1.41. The third-order valence-electron chi connectivity index (χ3n) is 2.51. The zero-order chi connectivity index (χ0) is 12.1. The van der Waals surface area contributed by atoms with Gasteiger partial charge in [-0.2, -0.15) is 0 Å². The van der Waals surface area contributed by atoms with Gasteiger partial charge in [0, 0.05) is 29.5 Å². The molecule has 1 N–H and O–H groups in total. The number of hydrogen-bond acceptors (Lipinski definition) is 1. The lowest BCUT2D eigenvalue weighted by Crippen LogP contribution is -2.25. The Kier molecular flexibility index (Phi) is 4.06. The molecule has 1 fully saturated rings. The van der Waals surface area contributed by atoms with E-state index < -0.39 is 0 Å². The number of amides is 1. The summed E-state index contributed by atoms with van der Waals surface area (Å²) in [6.45, 7) is 0. The van der Waals surface area contributed by atoms with Gasteiger partial charge in [0.1, 0.15) is 0 Å². The van der Waals surface area contributed by atoms with Crippen LogP contribution in [0.3, 0.4) is 0 Å². The first-order valence-corrected chi connectivity index (χ1v) is 6.29. The fourth-order valence-corrected chi connectivity index (χ4v) is 1.51. The molecule has 88 valence electrons. The Bertz CT molecular complexity index is 451. The second-order valence-electron chi connectivity index (χ2n) is 4.07. The van der Waals surface area contributed by atoms with Gasteiger partial charge in [0.25, 0.3) is 5.91 Å². The van der Waals surface area contributed by atoms with Gasteiger partial charge in [0.05, 0.1) is 0 Å². The van der Waals surface area contributed by atoms with Crippen LogP contribution >= 0.6 is 11.6 Å². The standard InChI is InChI=1S/C14H14ClNO/c15-10-2-1-3-11-4-6-12(7-5-11)14(17)16-13-8-9-13/h4-7,13H,2,8-10H2,(H,16,17). The van der Waals surface area contributed by atoms with E-state index in [1.54, 1.807) is 0 Å². The van der Waals surface area contributed by atoms with Crippen molar-refractivity contribution < 1.29 is 4.79 Å². The van der Waals surface area contributed by atoms with Crippen molar-refractivity contribution in [2.24, 2.45) is 0 Å². The van der Waals surface area contributed by atoms with Crippen LogP contribution < -0.4 is 5.32 Å². The Morgan fingerprint density at radius 1 is 1.35 bits per heavy atom. The Labute approximate surface area is 106 Å². The summed E-state index contributed by atoms with van der Waals surface area (Å²) in [6.07, 6.45) is 2.90. The van der Waals surface area contributed by atoms with Crippen LogP contribution in [-0.2, 0) is 0 Å². The summed E-state index contributed by atoms with van der Waals surface area (Å²) < 4.78 is 0. The van der Waals surface area contributed by atoms with Crippen LogP contribution in [0.2, 0.25) is 0 Å². The number of alkyl halides is 1. The minimum Gasteiger partial charge on any atom is -0.349 e. The summed E-state index contributed by atoms with van der Waals surface area (Å²) in [4.78, 5) is 11.7. The van der Waals surface area contributed by atoms with Crippen molar-refractivity contribution in [3.05, 3.63) is 35.4 Å². The van der Waals surface area contributed by atoms with Crippen LogP contribution in [0.25, 0.3) is 0 Å². The Balaban J connectivity index is 1.97. The minimum absolute atomic E-state index is 0.00719. The van der Waals surface area contributed by atoms with Crippen LogP contribution in [0.15, 0.2) is 24.3 Å². The summed E-state index contributed by atoms with van der Waals surface area (Å²) in [7, 11) is 0. The highest BCUT2D eigenvalue weighted by Crippen LogP contribution is 2.19. The molecule has 0 saturated heterocycles. The number of benzene rings is 1. The molecule has 2 nitrogen and oxygen atoms in total. The first kappa shape index (κ1) is 12.0. The smallest absolute Gasteiger partial charge is 0.251 e. The van der Waals surface area contributed by atoms with E-state index in [4.69, 9.17) is 11.6 Å². The number of carbonyl (C=O) groups excluding carboxylic acids is 1. The maximum absolute atomic E-state index is 11.7. The lowest BCUT2D eigenvalue weighted by molar-refractivity contribution is 0.0951. The fraction of sp³-hybridized carbons (Fsp3) is 0.357. The molecule has 0 unspecified atom stereocenters. The third kappa shape index (κ3) is 3.80. The predicted octanol–water partition coefficient (Wildman–Crippen LogP) is 2.56. The molecule has 0 heterocycles. The van der Waals surface area contributed by atoms with E-state index in [2.05, 4.69) is 17.2 Å². The van der Waals surface area contributed by atoms with Crippen LogP contribution in [-0.4, -0.2) is 17.8 Å². The van der Waals surface area contributed by atoms with E-state index >= 15 is 0 Å². The van der Waals surface area contributed by atoms with E-state index in [-0.39, 0.29) is 5.91 Å². The number of carbonyl (C=O) groups is 1. The van der Waals surface area contributed by atoms with Gasteiger partial charge in [0.2, 0.25) is 0 Å². The number of hydrogen-bond donors (Lipinski definition) is 1. The second-order valence-corrected chi connectivity index (χ2v) is 4.44. The molecule has 1 aliphatic carbocycles. The largest absolute Gasteiger partial charge is 0.349 e. The van der Waals surface area contributed by atoms with Gasteiger partial charge < -0.3 is 5.32 Å². The Hall–Kier alpha value is -1.46. The zero-order valence-corrected chi connectivity index (χ0v) is 10.3. The van der Waals surface area contributed by atoms with Crippen molar-refractivity contribution in [3.63, 3.8) is 0 Å². The maximum atomic E-state index is 11.7. The molecular formula is C14H14ClNO. The molecule has 1 aliphatic rings. The molecule has 1 amide bonds. The van der Waals surface area contributed by atoms with E-state index in [9.17, 15) is 4.79 Å². The van der Waals surface area contributed by atoms with Gasteiger partial charge in [-0.25, -0.2) is 0 Å². The topological polar surface area (TPSA) is 29.1 Å². The van der Waals surface area contributed by atoms with Crippen molar-refractivity contribution in [2.45, 2.75) is 25.3 Å². The first-order chi connectivity index (χ1) is 8.29. The van der Waals surface area contributed by atoms with Crippen molar-refractivity contribution >= 4 is 17.5 Å². The molecular weight excluding hydrogens is 234 g/mol. The summed E-state index contributed by atoms with van der Waals surface area (Å²) in [5.74, 6) is 6.52. The number of halogens is 1. The van der Waals surface area contributed by atoms with Crippen LogP contribution in [0.1, 0.15) is 35.2 Å². The van der Waals surface area contributed by atoms with Gasteiger partial charge in [-0.05, 0) is 37.1 Å². The summed E-state index contributed by atoms with van der Waals surface area (Å²) >= 11 is 5.53. The minimum atomic E-state index is 0.00719. The molecule has 0 atom stereocenters. The highest BCUT2D eigenvalue weighted by molar-refractivity contribution is 6.18. The summed E-state index contributed by atoms with van der Waals surface area (Å²) in [6, 6.07) is 7.74. The average molecular weight is 248 g/mol. The SMILES string of the molecule is O=C(NC1CC1)c1ccc(C#CCCCl)cc1. The van der Waals surface area contributed by atoms with Gasteiger partial charge >= 0.3 is 0 Å². The molecule has 1 aromatic rings. The van der Waals surface area contributed by atoms with Crippen molar-refractivity contribution in [3.8, 4) is 11.8 Å². The normalized spacial score (nSPS) is 13.7. The van der Waals surface area contributed by atoms with Crippen LogP contribution in [0.4, 0.5) is 0 Å². The second kappa shape index (κ2) is 5.75. The maximum Gasteiger partial charge on any atom is 0.251 e. The quantitative estimate of drug-likeness (QED) is 0.646. The molecule has 0 aromatic heterocycles. The van der Waals surface area contributed by atoms with Crippen molar-refractivity contribution in [2.75, 3.05) is 5.88 Å². The van der Waals surface area contributed by atoms with Gasteiger partial charge in [0.15, 0.2) is 0 Å². The van der Waals surface area contributed by atoms with E-state index in [1.165, 1.54) is 0 Å². The predicted molar refractivity (Wildman–Crippen MR) is 69.1 cm³/mol. The third-order valence-corrected chi connectivity index (χ3v) is 2.70. The van der Waals surface area contributed by atoms with Crippen LogP contribution in [0.5, 0.6) is 0 Å². The van der Waals surface area contributed by atoms with Gasteiger partial charge in [-0.15, -0.1) is 11.6 Å². The molecule has 3 heteroatoms. The van der Waals surface area contributed by atoms with Crippen molar-refractivity contribution in [1.82, 2.24) is 5.32 Å². The molecule has 2 rings (SSSR count).